The lowest BCUT2D eigenvalue weighted by Gasteiger charge is -2.07. The summed E-state index contributed by atoms with van der Waals surface area (Å²) in [6.07, 6.45) is 0. The fourth-order valence-corrected chi connectivity index (χ4v) is 2.89. The number of nitrogens with zero attached hydrogens (tertiary/aromatic N) is 4. The predicted octanol–water partition coefficient (Wildman–Crippen LogP) is 3.95. The zero-order chi connectivity index (χ0) is 15.0. The smallest absolute Gasteiger partial charge is 0.225 e. The molecule has 0 aliphatic heterocycles. The molecular weight excluding hydrogens is 379 g/mol. The molecule has 3 aromatic rings. The van der Waals surface area contributed by atoms with Crippen molar-refractivity contribution in [3.8, 4) is 5.75 Å². The zero-order valence-electron chi connectivity index (χ0n) is 10.8. The van der Waals surface area contributed by atoms with Crippen LogP contribution in [0.2, 0.25) is 10.4 Å². The second kappa shape index (κ2) is 5.79. The van der Waals surface area contributed by atoms with E-state index in [1.807, 2.05) is 28.8 Å². The number of hydrogen-bond acceptors (Lipinski definition) is 4. The Balaban J connectivity index is 2.09. The van der Waals surface area contributed by atoms with Crippen LogP contribution in [0.25, 0.3) is 11.2 Å². The largest absolute Gasteiger partial charge is 0.497 e. The molecule has 8 heteroatoms. The second-order valence-corrected chi connectivity index (χ2v) is 5.68. The molecule has 0 spiro atoms. The van der Waals surface area contributed by atoms with Gasteiger partial charge in [-0.05, 0) is 45.2 Å². The van der Waals surface area contributed by atoms with Crippen LogP contribution in [0.1, 0.15) is 5.56 Å². The molecule has 2 heterocycles. The van der Waals surface area contributed by atoms with E-state index in [1.54, 1.807) is 7.11 Å². The predicted molar refractivity (Wildman–Crippen MR) is 85.1 cm³/mol. The molecule has 0 radical (unpaired) electrons. The molecule has 0 N–H and O–H groups in total. The lowest BCUT2D eigenvalue weighted by molar-refractivity contribution is 0.414. The average molecular weight is 388 g/mol. The number of ether oxygens (including phenoxy) is 1. The maximum atomic E-state index is 6.05. The second-order valence-electron chi connectivity index (χ2n) is 4.27. The number of benzene rings is 1. The summed E-state index contributed by atoms with van der Waals surface area (Å²) in [5.74, 6) is 0.790. The molecule has 5 nitrogen and oxygen atoms in total. The van der Waals surface area contributed by atoms with E-state index in [2.05, 4.69) is 30.9 Å². The topological polar surface area (TPSA) is 52.8 Å². The highest BCUT2D eigenvalue weighted by Gasteiger charge is 2.15. The summed E-state index contributed by atoms with van der Waals surface area (Å²) < 4.78 is 7.70. The summed E-state index contributed by atoms with van der Waals surface area (Å²) in [6.45, 7) is 0.554. The molecule has 1 aromatic carbocycles. The zero-order valence-corrected chi connectivity index (χ0v) is 13.9. The number of imidazole rings is 1. The Labute approximate surface area is 139 Å². The van der Waals surface area contributed by atoms with E-state index in [9.17, 15) is 0 Å². The Bertz CT molecular complexity index is 821. The molecule has 0 amide bonds. The number of methoxy groups -OCH3 is 1. The van der Waals surface area contributed by atoms with Gasteiger partial charge in [0.05, 0.1) is 13.7 Å². The fraction of sp³-hybridized carbons (Fsp3) is 0.154. The number of aromatic nitrogens is 4. The molecule has 0 saturated carbocycles. The maximum Gasteiger partial charge on any atom is 0.225 e. The number of rotatable bonds is 3. The van der Waals surface area contributed by atoms with Gasteiger partial charge in [-0.1, -0.05) is 23.7 Å². The maximum absolute atomic E-state index is 6.05. The third-order valence-electron chi connectivity index (χ3n) is 2.95. The van der Waals surface area contributed by atoms with Crippen molar-refractivity contribution in [2.24, 2.45) is 0 Å². The molecule has 0 fully saturated rings. The van der Waals surface area contributed by atoms with Crippen molar-refractivity contribution in [2.45, 2.75) is 6.54 Å². The third-order valence-corrected chi connectivity index (χ3v) is 3.99. The SMILES string of the molecule is COc1cccc(Cn2c(Br)nc3c(Cl)nc(Cl)nc32)c1. The summed E-state index contributed by atoms with van der Waals surface area (Å²) in [5, 5.41) is 0.321. The highest BCUT2D eigenvalue weighted by molar-refractivity contribution is 9.10. The average Bonchev–Trinajstić information content (AvgIpc) is 2.77. The molecule has 3 rings (SSSR count). The van der Waals surface area contributed by atoms with Crippen LogP contribution in [-0.4, -0.2) is 26.6 Å². The summed E-state index contributed by atoms with van der Waals surface area (Å²) in [7, 11) is 1.63. The minimum absolute atomic E-state index is 0.0896. The Morgan fingerprint density at radius 2 is 2.05 bits per heavy atom. The van der Waals surface area contributed by atoms with E-state index >= 15 is 0 Å². The molecule has 2 aromatic heterocycles. The third kappa shape index (κ3) is 2.84. The van der Waals surface area contributed by atoms with Gasteiger partial charge in [-0.15, -0.1) is 0 Å². The summed E-state index contributed by atoms with van der Waals surface area (Å²) in [6, 6.07) is 7.75. The van der Waals surface area contributed by atoms with Crippen molar-refractivity contribution < 1.29 is 4.74 Å². The molecule has 0 atom stereocenters. The minimum atomic E-state index is 0.0896. The van der Waals surface area contributed by atoms with Gasteiger partial charge in [0, 0.05) is 0 Å². The van der Waals surface area contributed by atoms with Crippen molar-refractivity contribution in [1.29, 1.82) is 0 Å². The van der Waals surface area contributed by atoms with Crippen LogP contribution >= 0.6 is 39.1 Å². The summed E-state index contributed by atoms with van der Waals surface area (Å²) in [5.41, 5.74) is 2.13. The van der Waals surface area contributed by atoms with E-state index in [0.29, 0.717) is 22.4 Å². The van der Waals surface area contributed by atoms with Gasteiger partial charge in [0.25, 0.3) is 0 Å². The van der Waals surface area contributed by atoms with E-state index in [0.717, 1.165) is 11.3 Å². The van der Waals surface area contributed by atoms with E-state index in [-0.39, 0.29) is 10.4 Å². The van der Waals surface area contributed by atoms with E-state index in [4.69, 9.17) is 27.9 Å². The summed E-state index contributed by atoms with van der Waals surface area (Å²) in [4.78, 5) is 12.4. The van der Waals surface area contributed by atoms with Gasteiger partial charge < -0.3 is 4.74 Å². The van der Waals surface area contributed by atoms with Gasteiger partial charge in [0.1, 0.15) is 11.3 Å². The molecule has 0 aliphatic rings. The van der Waals surface area contributed by atoms with Gasteiger partial charge in [0.2, 0.25) is 5.28 Å². The first-order valence-corrected chi connectivity index (χ1v) is 7.51. The quantitative estimate of drug-likeness (QED) is 0.388. The highest BCUT2D eigenvalue weighted by Crippen LogP contribution is 2.26. The van der Waals surface area contributed by atoms with Crippen molar-refractivity contribution >= 4 is 50.3 Å². The van der Waals surface area contributed by atoms with Gasteiger partial charge in [0.15, 0.2) is 15.5 Å². The van der Waals surface area contributed by atoms with Crippen molar-refractivity contribution in [1.82, 2.24) is 19.5 Å². The molecule has 0 bridgehead atoms. The van der Waals surface area contributed by atoms with Gasteiger partial charge in [-0.25, -0.2) is 9.97 Å². The first-order valence-electron chi connectivity index (χ1n) is 5.96. The van der Waals surface area contributed by atoms with Crippen LogP contribution in [0.3, 0.4) is 0 Å². The van der Waals surface area contributed by atoms with E-state index < -0.39 is 0 Å². The standard InChI is InChI=1S/C13H9BrCl2N4O/c1-21-8-4-2-3-7(5-8)6-20-11-9(17-12(20)14)10(15)18-13(16)19-11/h2-5H,6H2,1H3. The van der Waals surface area contributed by atoms with Crippen LogP contribution in [0, 0.1) is 0 Å². The Hall–Kier alpha value is -1.37. The fourth-order valence-electron chi connectivity index (χ4n) is 2.01. The van der Waals surface area contributed by atoms with Crippen molar-refractivity contribution in [3.63, 3.8) is 0 Å². The Kier molecular flexibility index (Phi) is 4.01. The highest BCUT2D eigenvalue weighted by atomic mass is 79.9. The van der Waals surface area contributed by atoms with Gasteiger partial charge in [-0.2, -0.15) is 4.98 Å². The number of fused-ring (bicyclic) bond motifs is 1. The minimum Gasteiger partial charge on any atom is -0.497 e. The van der Waals surface area contributed by atoms with E-state index in [1.165, 1.54) is 0 Å². The van der Waals surface area contributed by atoms with Crippen LogP contribution in [0.4, 0.5) is 0 Å². The molecule has 108 valence electrons. The van der Waals surface area contributed by atoms with Crippen LogP contribution < -0.4 is 4.74 Å². The van der Waals surface area contributed by atoms with Gasteiger partial charge >= 0.3 is 0 Å². The normalized spacial score (nSPS) is 11.0. The molecule has 0 aliphatic carbocycles. The summed E-state index contributed by atoms with van der Waals surface area (Å²) >= 11 is 15.3. The van der Waals surface area contributed by atoms with Gasteiger partial charge in [-0.3, -0.25) is 4.57 Å². The first kappa shape index (κ1) is 14.6. The van der Waals surface area contributed by atoms with Crippen LogP contribution in [0.5, 0.6) is 5.75 Å². The van der Waals surface area contributed by atoms with Crippen LogP contribution in [-0.2, 0) is 6.54 Å². The van der Waals surface area contributed by atoms with Crippen molar-refractivity contribution in [2.75, 3.05) is 7.11 Å². The number of halogens is 3. The monoisotopic (exact) mass is 386 g/mol. The molecule has 0 unspecified atom stereocenters. The van der Waals surface area contributed by atoms with Crippen LogP contribution in [0.15, 0.2) is 29.0 Å². The molecule has 21 heavy (non-hydrogen) atoms. The molecule has 0 saturated heterocycles. The Morgan fingerprint density at radius 1 is 1.24 bits per heavy atom. The van der Waals surface area contributed by atoms with Crippen molar-refractivity contribution in [3.05, 3.63) is 45.0 Å². The lowest BCUT2D eigenvalue weighted by atomic mass is 10.2. The lowest BCUT2D eigenvalue weighted by Crippen LogP contribution is -2.02. The molecular formula is C13H9BrCl2N4O. The Morgan fingerprint density at radius 3 is 2.81 bits per heavy atom. The number of hydrogen-bond donors (Lipinski definition) is 0. The first-order chi connectivity index (χ1) is 10.1.